The summed E-state index contributed by atoms with van der Waals surface area (Å²) in [4.78, 5) is 3.19. The van der Waals surface area contributed by atoms with Crippen LogP contribution in [0, 0.1) is 36.5 Å². The molecule has 2 aliphatic heterocycles. The number of aryl methyl sites for hydroxylation is 1. The van der Waals surface area contributed by atoms with Crippen molar-refractivity contribution in [3.05, 3.63) is 29.8 Å². The van der Waals surface area contributed by atoms with Crippen molar-refractivity contribution in [1.29, 1.82) is 0 Å². The number of thiol groups is 1. The zero-order chi connectivity index (χ0) is 20.8. The van der Waals surface area contributed by atoms with Gasteiger partial charge in [-0.05, 0) is 67.2 Å². The second kappa shape index (κ2) is 8.52. The van der Waals surface area contributed by atoms with Gasteiger partial charge in [0.15, 0.2) is 0 Å². The molecule has 0 amide bonds. The molecule has 1 aromatic rings. The lowest BCUT2D eigenvalue weighted by molar-refractivity contribution is 0.188. The van der Waals surface area contributed by atoms with Crippen molar-refractivity contribution in [3.63, 3.8) is 0 Å². The molecule has 0 aromatic heterocycles. The van der Waals surface area contributed by atoms with Crippen LogP contribution >= 0.6 is 10.1 Å². The molecular formula is C23H38N2O2S2. The van der Waals surface area contributed by atoms with Crippen LogP contribution in [0.3, 0.4) is 0 Å². The smallest absolute Gasteiger partial charge is 0.222 e. The summed E-state index contributed by atoms with van der Waals surface area (Å²) in [7, 11) is -4.40. The van der Waals surface area contributed by atoms with Gasteiger partial charge in [0.1, 0.15) is 0 Å². The van der Waals surface area contributed by atoms with E-state index in [2.05, 4.69) is 23.1 Å². The minimum atomic E-state index is -3.24. The fraction of sp³-hybridized carbons (Fsp3) is 0.739. The maximum absolute atomic E-state index is 13.2. The molecule has 0 N–H and O–H groups in total. The van der Waals surface area contributed by atoms with Crippen LogP contribution in [-0.2, 0) is 8.87 Å². The second-order valence-electron chi connectivity index (χ2n) is 9.72. The quantitative estimate of drug-likeness (QED) is 0.512. The molecule has 2 saturated heterocycles. The molecule has 1 unspecified atom stereocenters. The lowest BCUT2D eigenvalue weighted by Crippen LogP contribution is -2.39. The minimum Gasteiger partial charge on any atom is -0.302 e. The van der Waals surface area contributed by atoms with Crippen LogP contribution in [0.2, 0.25) is 0 Å². The summed E-state index contributed by atoms with van der Waals surface area (Å²) in [5.41, 5.74) is 1.10. The summed E-state index contributed by atoms with van der Waals surface area (Å²) in [6, 6.07) is 7.39. The molecule has 4 atom stereocenters. The molecule has 4 nitrogen and oxygen atoms in total. The number of hydrogen-bond donors (Lipinski definition) is 1. The third-order valence-electron chi connectivity index (χ3n) is 7.40. The molecule has 0 radical (unpaired) electrons. The van der Waals surface area contributed by atoms with Crippen molar-refractivity contribution in [3.8, 4) is 0 Å². The molecule has 2 heterocycles. The number of hydrogen-bond acceptors (Lipinski definition) is 4. The normalized spacial score (nSPS) is 30.5. The zero-order valence-corrected chi connectivity index (χ0v) is 20.1. The molecule has 3 aliphatic rings. The highest BCUT2D eigenvalue weighted by Crippen LogP contribution is 2.55. The van der Waals surface area contributed by atoms with Gasteiger partial charge in [-0.15, -0.1) is 0 Å². The standard InChI is InChI=1S/C23H38N2O2S2/c1-5-28(29(26,27)20-8-6-18(4)7-9-20)25-12-10-19(11-13-25)14-24-15-21-22(16-24)23(21)17(2)3/h6-9,17,19,21-23,28H,5,10-16H2,1-4H3/t21-,22+,23+. The third-order valence-corrected chi connectivity index (χ3v) is 14.2. The van der Waals surface area contributed by atoms with Crippen molar-refractivity contribution >= 4 is 19.0 Å². The zero-order valence-electron chi connectivity index (χ0n) is 18.4. The van der Waals surface area contributed by atoms with Gasteiger partial charge in [0.25, 0.3) is 0 Å². The van der Waals surface area contributed by atoms with Gasteiger partial charge in [0.2, 0.25) is 8.87 Å². The molecule has 29 heavy (non-hydrogen) atoms. The van der Waals surface area contributed by atoms with Gasteiger partial charge in [-0.2, -0.15) is 0 Å². The fourth-order valence-electron chi connectivity index (χ4n) is 5.84. The Bertz CT molecular complexity index is 789. The average molecular weight is 439 g/mol. The van der Waals surface area contributed by atoms with E-state index in [9.17, 15) is 8.42 Å². The summed E-state index contributed by atoms with van der Waals surface area (Å²) in [6.07, 6.45) is 2.28. The Morgan fingerprint density at radius 2 is 1.66 bits per heavy atom. The highest BCUT2D eigenvalue weighted by molar-refractivity contribution is 8.80. The molecule has 1 saturated carbocycles. The van der Waals surface area contributed by atoms with E-state index in [0.717, 1.165) is 61.1 Å². The summed E-state index contributed by atoms with van der Waals surface area (Å²) >= 11 is 0. The number of piperidine rings is 2. The van der Waals surface area contributed by atoms with E-state index in [4.69, 9.17) is 0 Å². The molecule has 4 rings (SSSR count). The Morgan fingerprint density at radius 1 is 1.07 bits per heavy atom. The van der Waals surface area contributed by atoms with E-state index < -0.39 is 19.0 Å². The fourth-order valence-corrected chi connectivity index (χ4v) is 11.8. The molecule has 6 heteroatoms. The lowest BCUT2D eigenvalue weighted by atomic mass is 9.97. The minimum absolute atomic E-state index is 0.495. The Labute approximate surface area is 179 Å². The van der Waals surface area contributed by atoms with Crippen LogP contribution in [-0.4, -0.2) is 56.1 Å². The second-order valence-corrected chi connectivity index (χ2v) is 15.8. The Morgan fingerprint density at radius 3 is 2.17 bits per heavy atom. The highest BCUT2D eigenvalue weighted by Gasteiger charge is 2.56. The molecule has 164 valence electrons. The van der Waals surface area contributed by atoms with E-state index in [1.54, 1.807) is 12.1 Å². The molecule has 0 spiro atoms. The number of rotatable bonds is 7. The first-order valence-corrected chi connectivity index (χ1v) is 14.9. The van der Waals surface area contributed by atoms with E-state index >= 15 is 0 Å². The highest BCUT2D eigenvalue weighted by atomic mass is 33.2. The number of nitrogens with zero attached hydrogens (tertiary/aromatic N) is 2. The van der Waals surface area contributed by atoms with Crippen molar-refractivity contribution in [2.75, 3.05) is 38.5 Å². The summed E-state index contributed by atoms with van der Waals surface area (Å²) in [6.45, 7) is 14.5. The predicted molar refractivity (Wildman–Crippen MR) is 124 cm³/mol. The number of likely N-dealkylation sites (tertiary alicyclic amines) is 1. The first-order valence-electron chi connectivity index (χ1n) is 11.4. The lowest BCUT2D eigenvalue weighted by Gasteiger charge is -2.40. The molecule has 1 aliphatic carbocycles. The monoisotopic (exact) mass is 438 g/mol. The van der Waals surface area contributed by atoms with Crippen LogP contribution in [0.25, 0.3) is 0 Å². The molecule has 1 aromatic carbocycles. The summed E-state index contributed by atoms with van der Waals surface area (Å²) < 4.78 is 28.8. The van der Waals surface area contributed by atoms with Gasteiger partial charge in [-0.25, -0.2) is 8.42 Å². The topological polar surface area (TPSA) is 40.6 Å². The van der Waals surface area contributed by atoms with Gasteiger partial charge in [0.05, 0.1) is 4.90 Å². The first-order chi connectivity index (χ1) is 13.8. The van der Waals surface area contributed by atoms with Crippen molar-refractivity contribution in [2.24, 2.45) is 29.6 Å². The van der Waals surface area contributed by atoms with Gasteiger partial charge in [-0.1, -0.05) is 48.6 Å². The van der Waals surface area contributed by atoms with Crippen LogP contribution in [0.5, 0.6) is 0 Å². The van der Waals surface area contributed by atoms with Gasteiger partial charge in [0, 0.05) is 32.7 Å². The Kier molecular flexibility index (Phi) is 6.37. The largest absolute Gasteiger partial charge is 0.302 e. The van der Waals surface area contributed by atoms with Gasteiger partial charge >= 0.3 is 0 Å². The van der Waals surface area contributed by atoms with Crippen molar-refractivity contribution in [2.45, 2.75) is 45.4 Å². The van der Waals surface area contributed by atoms with Crippen LogP contribution in [0.15, 0.2) is 29.2 Å². The van der Waals surface area contributed by atoms with Crippen molar-refractivity contribution < 1.29 is 8.42 Å². The molecular weight excluding hydrogens is 400 g/mol. The maximum Gasteiger partial charge on any atom is 0.222 e. The van der Waals surface area contributed by atoms with Gasteiger partial charge in [-0.3, -0.25) is 4.31 Å². The van der Waals surface area contributed by atoms with Crippen molar-refractivity contribution in [1.82, 2.24) is 9.21 Å². The third kappa shape index (κ3) is 4.41. The van der Waals surface area contributed by atoms with E-state index in [-0.39, 0.29) is 0 Å². The Balaban J connectivity index is 1.30. The van der Waals surface area contributed by atoms with Gasteiger partial charge < -0.3 is 4.90 Å². The Hall–Kier alpha value is -0.560. The summed E-state index contributed by atoms with van der Waals surface area (Å²) in [5.74, 6) is 5.19. The van der Waals surface area contributed by atoms with E-state index in [1.165, 1.54) is 19.6 Å². The average Bonchev–Trinajstić information content (AvgIpc) is 3.20. The van der Waals surface area contributed by atoms with Crippen LogP contribution in [0.4, 0.5) is 0 Å². The maximum atomic E-state index is 13.2. The van der Waals surface area contributed by atoms with E-state index in [1.807, 2.05) is 26.0 Å². The predicted octanol–water partition coefficient (Wildman–Crippen LogP) is 4.17. The van der Waals surface area contributed by atoms with E-state index in [0.29, 0.717) is 10.6 Å². The molecule has 3 fully saturated rings. The van der Waals surface area contributed by atoms with Crippen LogP contribution < -0.4 is 0 Å². The molecule has 0 bridgehead atoms. The first kappa shape index (κ1) is 21.7. The number of fused-ring (bicyclic) bond motifs is 1. The summed E-state index contributed by atoms with van der Waals surface area (Å²) in [5, 5.41) is 0. The number of benzene rings is 1. The SMILES string of the molecule is CC[SH](N1CCC(CN2C[C@@H]3[C@H](C2)[C@H]3C(C)C)CC1)S(=O)(=O)c1ccc(C)cc1. The van der Waals surface area contributed by atoms with Crippen LogP contribution in [0.1, 0.15) is 39.2 Å².